The Balaban J connectivity index is 4.03. The summed E-state index contributed by atoms with van der Waals surface area (Å²) in [6.45, 7) is 7.24. The summed E-state index contributed by atoms with van der Waals surface area (Å²) in [5.74, 6) is -0.795. The van der Waals surface area contributed by atoms with Crippen LogP contribution in [-0.2, 0) is 9.59 Å². The molecular formula is C11H21NO3S. The molecule has 5 heteroatoms. The van der Waals surface area contributed by atoms with Gasteiger partial charge in [-0.25, -0.2) is 0 Å². The Hall–Kier alpha value is -0.710. The van der Waals surface area contributed by atoms with Gasteiger partial charge in [-0.2, -0.15) is 0 Å². The smallest absolute Gasteiger partial charge is 0.319 e. The molecule has 1 amide bonds. The lowest BCUT2D eigenvalue weighted by atomic mass is 10.2. The maximum atomic E-state index is 11.5. The lowest BCUT2D eigenvalue weighted by molar-refractivity contribution is -0.138. The van der Waals surface area contributed by atoms with Gasteiger partial charge >= 0.3 is 5.97 Å². The summed E-state index contributed by atoms with van der Waals surface area (Å²) >= 11 is 1.15. The molecule has 0 fully saturated rings. The number of nitrogens with one attached hydrogen (secondary N) is 1. The molecule has 0 atom stereocenters. The molecule has 2 N–H and O–H groups in total. The van der Waals surface area contributed by atoms with Crippen LogP contribution >= 0.6 is 11.8 Å². The summed E-state index contributed by atoms with van der Waals surface area (Å²) in [4.78, 5) is 22.3. The predicted molar refractivity (Wildman–Crippen MR) is 66.7 cm³/mol. The highest BCUT2D eigenvalue weighted by molar-refractivity contribution is 8.01. The SMILES string of the molecule is CCC(CC)NC(=O)CSC(C)(C)C(=O)O. The molecule has 0 aliphatic carbocycles. The first-order valence-corrected chi connectivity index (χ1v) is 6.48. The number of hydrogen-bond donors (Lipinski definition) is 2. The first kappa shape index (κ1) is 15.3. The molecule has 0 aromatic heterocycles. The standard InChI is InChI=1S/C11H21NO3S/c1-5-8(6-2)12-9(13)7-16-11(3,4)10(14)15/h8H,5-7H2,1-4H3,(H,12,13)(H,14,15). The summed E-state index contributed by atoms with van der Waals surface area (Å²) < 4.78 is -0.911. The first-order chi connectivity index (χ1) is 7.33. The maximum Gasteiger partial charge on any atom is 0.319 e. The number of hydrogen-bond acceptors (Lipinski definition) is 3. The van der Waals surface area contributed by atoms with Crippen molar-refractivity contribution in [3.63, 3.8) is 0 Å². The van der Waals surface area contributed by atoms with Crippen LogP contribution in [0.2, 0.25) is 0 Å². The van der Waals surface area contributed by atoms with Crippen LogP contribution in [0.4, 0.5) is 0 Å². The van der Waals surface area contributed by atoms with Crippen molar-refractivity contribution in [1.82, 2.24) is 5.32 Å². The second-order valence-corrected chi connectivity index (χ2v) is 5.78. The van der Waals surface area contributed by atoms with Crippen molar-refractivity contribution in [2.24, 2.45) is 0 Å². The zero-order valence-electron chi connectivity index (χ0n) is 10.4. The molecule has 0 aromatic rings. The van der Waals surface area contributed by atoms with Gasteiger partial charge in [0.05, 0.1) is 5.75 Å². The van der Waals surface area contributed by atoms with Crippen LogP contribution in [-0.4, -0.2) is 33.5 Å². The fraction of sp³-hybridized carbons (Fsp3) is 0.818. The van der Waals surface area contributed by atoms with Crippen molar-refractivity contribution in [2.75, 3.05) is 5.75 Å². The zero-order valence-corrected chi connectivity index (χ0v) is 11.2. The fourth-order valence-electron chi connectivity index (χ4n) is 1.07. The van der Waals surface area contributed by atoms with E-state index in [9.17, 15) is 9.59 Å². The molecule has 4 nitrogen and oxygen atoms in total. The number of carbonyl (C=O) groups is 2. The van der Waals surface area contributed by atoms with E-state index in [1.165, 1.54) is 0 Å². The van der Waals surface area contributed by atoms with Gasteiger partial charge in [-0.15, -0.1) is 11.8 Å². The predicted octanol–water partition coefficient (Wildman–Crippen LogP) is 1.89. The van der Waals surface area contributed by atoms with E-state index in [0.29, 0.717) is 0 Å². The number of rotatable bonds is 7. The third-order valence-electron chi connectivity index (χ3n) is 2.43. The number of thioether (sulfide) groups is 1. The van der Waals surface area contributed by atoms with Crippen LogP contribution in [0.25, 0.3) is 0 Å². The van der Waals surface area contributed by atoms with Crippen LogP contribution in [0.1, 0.15) is 40.5 Å². The van der Waals surface area contributed by atoms with Crippen molar-refractivity contribution in [2.45, 2.75) is 51.3 Å². The largest absolute Gasteiger partial charge is 0.480 e. The number of carbonyl (C=O) groups excluding carboxylic acids is 1. The minimum absolute atomic E-state index is 0.0898. The molecule has 0 aliphatic rings. The highest BCUT2D eigenvalue weighted by Gasteiger charge is 2.28. The Kier molecular flexibility index (Phi) is 6.48. The maximum absolute atomic E-state index is 11.5. The Morgan fingerprint density at radius 2 is 1.81 bits per heavy atom. The third-order valence-corrected chi connectivity index (χ3v) is 3.73. The van der Waals surface area contributed by atoms with E-state index in [1.807, 2.05) is 13.8 Å². The summed E-state index contributed by atoms with van der Waals surface area (Å²) in [6.07, 6.45) is 1.80. The number of carboxylic acids is 1. The van der Waals surface area contributed by atoms with Crippen LogP contribution in [0, 0.1) is 0 Å². The molecule has 0 aromatic carbocycles. The molecule has 0 heterocycles. The second-order valence-electron chi connectivity index (χ2n) is 4.19. The highest BCUT2D eigenvalue weighted by atomic mass is 32.2. The summed E-state index contributed by atoms with van der Waals surface area (Å²) in [5.41, 5.74) is 0. The summed E-state index contributed by atoms with van der Waals surface area (Å²) in [7, 11) is 0. The van der Waals surface area contributed by atoms with E-state index in [-0.39, 0.29) is 17.7 Å². The number of aliphatic carboxylic acids is 1. The molecule has 0 saturated heterocycles. The Morgan fingerprint density at radius 3 is 2.19 bits per heavy atom. The summed E-state index contributed by atoms with van der Waals surface area (Å²) in [5, 5.41) is 11.8. The van der Waals surface area contributed by atoms with E-state index in [2.05, 4.69) is 5.32 Å². The van der Waals surface area contributed by atoms with E-state index < -0.39 is 10.7 Å². The van der Waals surface area contributed by atoms with Crippen molar-refractivity contribution in [3.8, 4) is 0 Å². The van der Waals surface area contributed by atoms with E-state index in [0.717, 1.165) is 24.6 Å². The monoisotopic (exact) mass is 247 g/mol. The molecule has 0 rings (SSSR count). The minimum atomic E-state index is -0.911. The van der Waals surface area contributed by atoms with Gasteiger partial charge < -0.3 is 10.4 Å². The van der Waals surface area contributed by atoms with Crippen LogP contribution < -0.4 is 5.32 Å². The molecule has 0 unspecified atom stereocenters. The molecule has 94 valence electrons. The average molecular weight is 247 g/mol. The molecule has 0 aliphatic heterocycles. The fourth-order valence-corrected chi connectivity index (χ4v) is 1.77. The van der Waals surface area contributed by atoms with Crippen molar-refractivity contribution in [3.05, 3.63) is 0 Å². The summed E-state index contributed by atoms with van der Waals surface area (Å²) in [6, 6.07) is 0.195. The lowest BCUT2D eigenvalue weighted by Crippen LogP contribution is -2.37. The van der Waals surface area contributed by atoms with Gasteiger partial charge in [0.15, 0.2) is 0 Å². The highest BCUT2D eigenvalue weighted by Crippen LogP contribution is 2.24. The van der Waals surface area contributed by atoms with Crippen LogP contribution in [0.15, 0.2) is 0 Å². The van der Waals surface area contributed by atoms with Gasteiger partial charge in [0.2, 0.25) is 5.91 Å². The molecule has 16 heavy (non-hydrogen) atoms. The Morgan fingerprint density at radius 1 is 1.31 bits per heavy atom. The van der Waals surface area contributed by atoms with Crippen molar-refractivity contribution in [1.29, 1.82) is 0 Å². The lowest BCUT2D eigenvalue weighted by Gasteiger charge is -2.19. The van der Waals surface area contributed by atoms with E-state index >= 15 is 0 Å². The van der Waals surface area contributed by atoms with Crippen molar-refractivity contribution >= 4 is 23.6 Å². The average Bonchev–Trinajstić information content (AvgIpc) is 2.23. The quantitative estimate of drug-likeness (QED) is 0.721. The number of amides is 1. The first-order valence-electron chi connectivity index (χ1n) is 5.50. The van der Waals surface area contributed by atoms with Crippen LogP contribution in [0.3, 0.4) is 0 Å². The van der Waals surface area contributed by atoms with Gasteiger partial charge in [0.25, 0.3) is 0 Å². The minimum Gasteiger partial charge on any atom is -0.480 e. The van der Waals surface area contributed by atoms with E-state index in [4.69, 9.17) is 5.11 Å². The Bertz CT molecular complexity index is 250. The number of carboxylic acid groups (broad SMARTS) is 1. The second kappa shape index (κ2) is 6.78. The van der Waals surface area contributed by atoms with Gasteiger partial charge in [0, 0.05) is 6.04 Å². The topological polar surface area (TPSA) is 66.4 Å². The molecule has 0 bridgehead atoms. The molecule has 0 spiro atoms. The van der Waals surface area contributed by atoms with Gasteiger partial charge in [-0.05, 0) is 26.7 Å². The van der Waals surface area contributed by atoms with Gasteiger partial charge in [-0.3, -0.25) is 9.59 Å². The molecular weight excluding hydrogens is 226 g/mol. The van der Waals surface area contributed by atoms with Crippen molar-refractivity contribution < 1.29 is 14.7 Å². The van der Waals surface area contributed by atoms with Gasteiger partial charge in [-0.1, -0.05) is 13.8 Å². The van der Waals surface area contributed by atoms with E-state index in [1.54, 1.807) is 13.8 Å². The van der Waals surface area contributed by atoms with Gasteiger partial charge in [0.1, 0.15) is 4.75 Å². The van der Waals surface area contributed by atoms with Crippen LogP contribution in [0.5, 0.6) is 0 Å². The zero-order chi connectivity index (χ0) is 12.8. The normalized spacial score (nSPS) is 11.6. The third kappa shape index (κ3) is 5.39. The Labute approximate surface area is 101 Å². The molecule has 0 saturated carbocycles. The molecule has 0 radical (unpaired) electrons.